The molecule has 2 aromatic carbocycles. The monoisotopic (exact) mass is 564 g/mol. The molecule has 1 aliphatic rings. The smallest absolute Gasteiger partial charge is 0.241 e. The van der Waals surface area contributed by atoms with Crippen LogP contribution in [0.5, 0.6) is 5.75 Å². The van der Waals surface area contributed by atoms with E-state index in [1.807, 2.05) is 50.5 Å². The van der Waals surface area contributed by atoms with E-state index in [1.165, 1.54) is 0 Å². The van der Waals surface area contributed by atoms with Crippen LogP contribution in [0.3, 0.4) is 0 Å². The summed E-state index contributed by atoms with van der Waals surface area (Å²) in [6.07, 6.45) is 4.86. The van der Waals surface area contributed by atoms with Crippen LogP contribution >= 0.6 is 11.3 Å². The van der Waals surface area contributed by atoms with E-state index in [4.69, 9.17) is 9.72 Å². The lowest BCUT2D eigenvalue weighted by atomic mass is 10.1. The summed E-state index contributed by atoms with van der Waals surface area (Å²) in [6, 6.07) is 15.3. The van der Waals surface area contributed by atoms with Gasteiger partial charge in [0.25, 0.3) is 0 Å². The molecule has 0 atom stereocenters. The Bertz CT molecular complexity index is 1530. The lowest BCUT2D eigenvalue weighted by Crippen LogP contribution is -2.40. The zero-order valence-corrected chi connectivity index (χ0v) is 24.6. The van der Waals surface area contributed by atoms with Crippen LogP contribution in [-0.2, 0) is 16.4 Å². The van der Waals surface area contributed by atoms with Crippen LogP contribution in [0.1, 0.15) is 51.9 Å². The van der Waals surface area contributed by atoms with Gasteiger partial charge in [-0.3, -0.25) is 0 Å². The van der Waals surface area contributed by atoms with Crippen molar-refractivity contribution in [1.29, 1.82) is 0 Å². The van der Waals surface area contributed by atoms with Crippen LogP contribution in [0.2, 0.25) is 0 Å². The Labute approximate surface area is 235 Å². The van der Waals surface area contributed by atoms with Crippen LogP contribution in [0.15, 0.2) is 65.0 Å². The molecule has 4 aromatic rings. The number of sulfonamides is 1. The summed E-state index contributed by atoms with van der Waals surface area (Å²) in [7, 11) is -3.64. The van der Waals surface area contributed by atoms with E-state index in [0.717, 1.165) is 71.0 Å². The maximum atomic E-state index is 12.9. The third kappa shape index (κ3) is 6.84. The Balaban J connectivity index is 1.32. The van der Waals surface area contributed by atoms with Crippen molar-refractivity contribution in [2.24, 2.45) is 0 Å². The van der Waals surface area contributed by atoms with Gasteiger partial charge < -0.3 is 9.64 Å². The van der Waals surface area contributed by atoms with E-state index in [0.29, 0.717) is 6.42 Å². The molecule has 0 aliphatic carbocycles. The maximum Gasteiger partial charge on any atom is 0.241 e. The molecule has 3 heterocycles. The minimum atomic E-state index is -3.64. The van der Waals surface area contributed by atoms with E-state index in [-0.39, 0.29) is 11.0 Å². The summed E-state index contributed by atoms with van der Waals surface area (Å²) in [5.41, 5.74) is 3.10. The second-order valence-corrected chi connectivity index (χ2v) is 13.7. The number of thiophene rings is 1. The number of hydrogen-bond acceptors (Lipinski definition) is 7. The van der Waals surface area contributed by atoms with Crippen molar-refractivity contribution in [3.63, 3.8) is 0 Å². The number of ether oxygens (including phenoxy) is 1. The van der Waals surface area contributed by atoms with E-state index < -0.39 is 15.6 Å². The normalized spacial score (nSPS) is 15.6. The van der Waals surface area contributed by atoms with Crippen molar-refractivity contribution in [3.8, 4) is 16.9 Å². The van der Waals surface area contributed by atoms with Gasteiger partial charge in [0.15, 0.2) is 0 Å². The highest BCUT2D eigenvalue weighted by Gasteiger charge is 2.23. The summed E-state index contributed by atoms with van der Waals surface area (Å²) in [4.78, 5) is 12.2. The molecule has 1 N–H and O–H groups in total. The van der Waals surface area contributed by atoms with Crippen molar-refractivity contribution in [2.75, 3.05) is 19.6 Å². The lowest BCUT2D eigenvalue weighted by Gasteiger charge is -2.31. The van der Waals surface area contributed by atoms with Crippen LogP contribution in [-0.4, -0.2) is 54.6 Å². The highest BCUT2D eigenvalue weighted by Crippen LogP contribution is 2.34. The Kier molecular flexibility index (Phi) is 8.05. The maximum absolute atomic E-state index is 12.9. The first kappa shape index (κ1) is 27.7. The Morgan fingerprint density at radius 1 is 1.10 bits per heavy atom. The topological polar surface area (TPSA) is 84.4 Å². The van der Waals surface area contributed by atoms with Crippen molar-refractivity contribution in [3.05, 3.63) is 71.5 Å². The zero-order valence-electron chi connectivity index (χ0n) is 23.0. The van der Waals surface area contributed by atoms with Gasteiger partial charge in [-0.25, -0.2) is 23.1 Å². The minimum absolute atomic E-state index is 0.238. The molecule has 0 radical (unpaired) electrons. The molecule has 0 spiro atoms. The highest BCUT2D eigenvalue weighted by atomic mass is 32.2. The molecule has 0 unspecified atom stereocenters. The van der Waals surface area contributed by atoms with Gasteiger partial charge in [-0.05, 0) is 75.5 Å². The summed E-state index contributed by atoms with van der Waals surface area (Å²) in [6.45, 7) is 11.0. The third-order valence-electron chi connectivity index (χ3n) is 6.83. The molecule has 0 bridgehead atoms. The van der Waals surface area contributed by atoms with E-state index >= 15 is 0 Å². The van der Waals surface area contributed by atoms with Crippen LogP contribution in [0.4, 0.5) is 0 Å². The first-order valence-electron chi connectivity index (χ1n) is 13.4. The largest absolute Gasteiger partial charge is 0.490 e. The van der Waals surface area contributed by atoms with Gasteiger partial charge in [0.1, 0.15) is 17.7 Å². The highest BCUT2D eigenvalue weighted by molar-refractivity contribution is 7.89. The molecule has 1 fully saturated rings. The summed E-state index contributed by atoms with van der Waals surface area (Å²) >= 11 is 1.56. The van der Waals surface area contributed by atoms with Crippen molar-refractivity contribution >= 4 is 31.6 Å². The Morgan fingerprint density at radius 2 is 1.85 bits per heavy atom. The van der Waals surface area contributed by atoms with Crippen molar-refractivity contribution in [2.45, 2.75) is 63.5 Å². The second-order valence-electron chi connectivity index (χ2n) is 11.1. The molecule has 0 saturated carbocycles. The average molecular weight is 565 g/mol. The van der Waals surface area contributed by atoms with E-state index in [1.54, 1.807) is 29.5 Å². The van der Waals surface area contributed by atoms with E-state index in [9.17, 15) is 8.42 Å². The molecular formula is C30H36N4O3S2. The fourth-order valence-electron chi connectivity index (χ4n) is 4.85. The fraction of sp³-hybridized carbons (Fsp3) is 0.400. The second kappa shape index (κ2) is 11.3. The third-order valence-corrected chi connectivity index (χ3v) is 9.49. The number of benzene rings is 2. The number of fused-ring (bicyclic) bond motifs is 1. The standard InChI is InChI=1S/C30H36N4O3S2/c1-5-34-15-13-24(14-16-34)37-23-11-9-21(10-12-23)17-28-31-19-27-29(32-28)26(20-38-27)22-7-6-8-25(18-22)39(35,36)33-30(2,3)4/h6-12,18-20,24,33H,5,13-17H2,1-4H3. The predicted octanol–water partition coefficient (Wildman–Crippen LogP) is 5.89. The number of piperidine rings is 1. The SMILES string of the molecule is CCN1CCC(Oc2ccc(Cc3ncc4scc(-c5cccc(S(=O)(=O)NC(C)(C)C)c5)c4n3)cc2)CC1. The van der Waals surface area contributed by atoms with Gasteiger partial charge in [-0.15, -0.1) is 11.3 Å². The average Bonchev–Trinajstić information content (AvgIpc) is 3.32. The summed E-state index contributed by atoms with van der Waals surface area (Å²) < 4.78 is 35.7. The van der Waals surface area contributed by atoms with Crippen molar-refractivity contribution < 1.29 is 13.2 Å². The van der Waals surface area contributed by atoms with Gasteiger partial charge in [0, 0.05) is 42.2 Å². The number of rotatable bonds is 8. The van der Waals surface area contributed by atoms with Crippen LogP contribution < -0.4 is 9.46 Å². The number of hydrogen-bond donors (Lipinski definition) is 1. The molecule has 9 heteroatoms. The number of nitrogens with one attached hydrogen (secondary N) is 1. The number of likely N-dealkylation sites (tertiary alicyclic amines) is 1. The number of nitrogens with zero attached hydrogens (tertiary/aromatic N) is 3. The molecule has 0 amide bonds. The predicted molar refractivity (Wildman–Crippen MR) is 158 cm³/mol. The number of aromatic nitrogens is 2. The van der Waals surface area contributed by atoms with Gasteiger partial charge in [0.2, 0.25) is 10.0 Å². The van der Waals surface area contributed by atoms with Crippen LogP contribution in [0, 0.1) is 0 Å². The molecule has 2 aromatic heterocycles. The molecule has 206 valence electrons. The molecule has 1 aliphatic heterocycles. The van der Waals surface area contributed by atoms with Gasteiger partial charge in [-0.2, -0.15) is 0 Å². The fourth-order valence-corrected chi connectivity index (χ4v) is 7.19. The van der Waals surface area contributed by atoms with Gasteiger partial charge in [0.05, 0.1) is 15.1 Å². The molecule has 39 heavy (non-hydrogen) atoms. The van der Waals surface area contributed by atoms with Crippen molar-refractivity contribution in [1.82, 2.24) is 19.6 Å². The molecule has 5 rings (SSSR count). The first-order chi connectivity index (χ1) is 18.6. The summed E-state index contributed by atoms with van der Waals surface area (Å²) in [5, 5.41) is 2.02. The van der Waals surface area contributed by atoms with E-state index in [2.05, 4.69) is 33.7 Å². The van der Waals surface area contributed by atoms with Gasteiger partial charge in [-0.1, -0.05) is 31.2 Å². The lowest BCUT2D eigenvalue weighted by molar-refractivity contribution is 0.104. The molecular weight excluding hydrogens is 528 g/mol. The Morgan fingerprint density at radius 3 is 2.54 bits per heavy atom. The van der Waals surface area contributed by atoms with Gasteiger partial charge >= 0.3 is 0 Å². The molecule has 1 saturated heterocycles. The zero-order chi connectivity index (χ0) is 27.6. The van der Waals surface area contributed by atoms with Crippen LogP contribution in [0.25, 0.3) is 21.3 Å². The molecule has 7 nitrogen and oxygen atoms in total. The minimum Gasteiger partial charge on any atom is -0.490 e. The Hall–Kier alpha value is -2.85. The quantitative estimate of drug-likeness (QED) is 0.287. The summed E-state index contributed by atoms with van der Waals surface area (Å²) in [5.74, 6) is 1.63. The first-order valence-corrected chi connectivity index (χ1v) is 15.8.